The number of hydrogen-bond donors (Lipinski definition) is 3. The molecule has 1 aromatic rings. The summed E-state index contributed by atoms with van der Waals surface area (Å²) in [6.07, 6.45) is 3.17. The summed E-state index contributed by atoms with van der Waals surface area (Å²) in [6, 6.07) is 4.86. The van der Waals surface area contributed by atoms with Crippen LogP contribution in [-0.2, 0) is 0 Å². The van der Waals surface area contributed by atoms with E-state index in [1.807, 2.05) is 6.07 Å². The third-order valence-corrected chi connectivity index (χ3v) is 4.11. The second-order valence-electron chi connectivity index (χ2n) is 4.91. The zero-order valence-electron chi connectivity index (χ0n) is 11.4. The Labute approximate surface area is 126 Å². The maximum atomic E-state index is 11.9. The maximum absolute atomic E-state index is 11.9. The van der Waals surface area contributed by atoms with Crippen LogP contribution < -0.4 is 15.4 Å². The van der Waals surface area contributed by atoms with Crippen molar-refractivity contribution < 1.29 is 14.6 Å². The van der Waals surface area contributed by atoms with Crippen LogP contribution in [0.1, 0.15) is 25.7 Å². The van der Waals surface area contributed by atoms with Crippen molar-refractivity contribution >= 4 is 27.6 Å². The Bertz CT molecular complexity index is 481. The average Bonchev–Trinajstić information content (AvgIpc) is 2.43. The molecular formula is C14H19BrN2O3. The van der Waals surface area contributed by atoms with Gasteiger partial charge in [0.15, 0.2) is 0 Å². The van der Waals surface area contributed by atoms with Gasteiger partial charge in [-0.2, -0.15) is 0 Å². The molecule has 0 aliphatic heterocycles. The standard InChI is InChI=1S/C14H19BrN2O3/c1-20-13-8-9(6-7-10(13)15)16-14(19)17-11-4-2-3-5-12(11)18/h6-8,11-12,18H,2-5H2,1H3,(H2,16,17,19)/t11-,12-/m0/s1. The Hall–Kier alpha value is -1.27. The van der Waals surface area contributed by atoms with Crippen LogP contribution in [0.5, 0.6) is 5.75 Å². The van der Waals surface area contributed by atoms with Crippen LogP contribution in [0.3, 0.4) is 0 Å². The third kappa shape index (κ3) is 3.86. The number of urea groups is 1. The molecule has 110 valence electrons. The molecule has 1 fully saturated rings. The molecule has 0 aromatic heterocycles. The van der Waals surface area contributed by atoms with Crippen LogP contribution in [0.2, 0.25) is 0 Å². The number of carbonyl (C=O) groups excluding carboxylic acids is 1. The summed E-state index contributed by atoms with van der Waals surface area (Å²) < 4.78 is 6.00. The molecule has 20 heavy (non-hydrogen) atoms. The first kappa shape index (κ1) is 15.1. The monoisotopic (exact) mass is 342 g/mol. The number of aliphatic hydroxyl groups excluding tert-OH is 1. The van der Waals surface area contributed by atoms with Crippen molar-refractivity contribution in [3.05, 3.63) is 22.7 Å². The summed E-state index contributed by atoms with van der Waals surface area (Å²) in [5.41, 5.74) is 0.646. The van der Waals surface area contributed by atoms with E-state index in [-0.39, 0.29) is 12.1 Å². The topological polar surface area (TPSA) is 70.6 Å². The molecule has 1 saturated carbocycles. The molecule has 1 aliphatic rings. The number of carbonyl (C=O) groups is 1. The van der Waals surface area contributed by atoms with Crippen molar-refractivity contribution in [2.75, 3.05) is 12.4 Å². The van der Waals surface area contributed by atoms with E-state index >= 15 is 0 Å². The molecule has 2 amide bonds. The van der Waals surface area contributed by atoms with Crippen molar-refractivity contribution in [3.63, 3.8) is 0 Å². The number of aliphatic hydroxyl groups is 1. The minimum atomic E-state index is -0.450. The first-order valence-corrected chi connectivity index (χ1v) is 7.48. The van der Waals surface area contributed by atoms with Crippen LogP contribution >= 0.6 is 15.9 Å². The summed E-state index contributed by atoms with van der Waals surface area (Å²) in [6.45, 7) is 0. The molecule has 5 nitrogen and oxygen atoms in total. The lowest BCUT2D eigenvalue weighted by Crippen LogP contribution is -2.46. The number of ether oxygens (including phenoxy) is 1. The SMILES string of the molecule is COc1cc(NC(=O)N[C@H]2CCCC[C@@H]2O)ccc1Br. The number of hydrogen-bond acceptors (Lipinski definition) is 3. The molecule has 0 saturated heterocycles. The highest BCUT2D eigenvalue weighted by Crippen LogP contribution is 2.27. The van der Waals surface area contributed by atoms with Gasteiger partial charge in [-0.15, -0.1) is 0 Å². The van der Waals surface area contributed by atoms with E-state index in [2.05, 4.69) is 26.6 Å². The molecule has 0 bridgehead atoms. The van der Waals surface area contributed by atoms with Crippen molar-refractivity contribution in [3.8, 4) is 5.75 Å². The van der Waals surface area contributed by atoms with Crippen LogP contribution in [-0.4, -0.2) is 30.4 Å². The lowest BCUT2D eigenvalue weighted by molar-refractivity contribution is 0.0955. The van der Waals surface area contributed by atoms with E-state index < -0.39 is 6.10 Å². The second-order valence-corrected chi connectivity index (χ2v) is 5.76. The predicted molar refractivity (Wildman–Crippen MR) is 81.1 cm³/mol. The normalized spacial score (nSPS) is 22.1. The van der Waals surface area contributed by atoms with Gasteiger partial charge in [0.2, 0.25) is 0 Å². The van der Waals surface area contributed by atoms with Gasteiger partial charge < -0.3 is 20.5 Å². The van der Waals surface area contributed by atoms with Gasteiger partial charge in [0.1, 0.15) is 5.75 Å². The Kier molecular flexibility index (Phi) is 5.25. The van der Waals surface area contributed by atoms with E-state index in [1.54, 1.807) is 19.2 Å². The summed E-state index contributed by atoms with van der Waals surface area (Å²) in [5, 5.41) is 15.4. The van der Waals surface area contributed by atoms with Gasteiger partial charge in [0, 0.05) is 11.8 Å². The lowest BCUT2D eigenvalue weighted by Gasteiger charge is -2.28. The fraction of sp³-hybridized carbons (Fsp3) is 0.500. The second kappa shape index (κ2) is 6.95. The zero-order chi connectivity index (χ0) is 14.5. The zero-order valence-corrected chi connectivity index (χ0v) is 12.9. The van der Waals surface area contributed by atoms with Crippen molar-refractivity contribution in [2.45, 2.75) is 37.8 Å². The number of amides is 2. The molecule has 6 heteroatoms. The highest BCUT2D eigenvalue weighted by molar-refractivity contribution is 9.10. The molecule has 3 N–H and O–H groups in total. The molecule has 0 unspecified atom stereocenters. The van der Waals surface area contributed by atoms with E-state index in [1.165, 1.54) is 0 Å². The fourth-order valence-electron chi connectivity index (χ4n) is 2.35. The Morgan fingerprint density at radius 3 is 2.85 bits per heavy atom. The van der Waals surface area contributed by atoms with E-state index in [0.717, 1.165) is 30.2 Å². The largest absolute Gasteiger partial charge is 0.495 e. The number of nitrogens with one attached hydrogen (secondary N) is 2. The number of halogens is 1. The highest BCUT2D eigenvalue weighted by atomic mass is 79.9. The first-order valence-electron chi connectivity index (χ1n) is 6.69. The summed E-state index contributed by atoms with van der Waals surface area (Å²) >= 11 is 3.36. The minimum Gasteiger partial charge on any atom is -0.495 e. The highest BCUT2D eigenvalue weighted by Gasteiger charge is 2.24. The molecule has 2 atom stereocenters. The van der Waals surface area contributed by atoms with E-state index in [4.69, 9.17) is 4.74 Å². The molecule has 1 aliphatic carbocycles. The van der Waals surface area contributed by atoms with Gasteiger partial charge in [-0.1, -0.05) is 12.8 Å². The Morgan fingerprint density at radius 2 is 2.15 bits per heavy atom. The third-order valence-electron chi connectivity index (χ3n) is 3.45. The lowest BCUT2D eigenvalue weighted by atomic mass is 9.93. The molecule has 0 spiro atoms. The number of rotatable bonds is 3. The number of anilines is 1. The minimum absolute atomic E-state index is 0.166. The first-order chi connectivity index (χ1) is 9.60. The van der Waals surface area contributed by atoms with Gasteiger partial charge in [0.25, 0.3) is 0 Å². The van der Waals surface area contributed by atoms with Crippen LogP contribution in [0.15, 0.2) is 22.7 Å². The Morgan fingerprint density at radius 1 is 1.40 bits per heavy atom. The van der Waals surface area contributed by atoms with Crippen LogP contribution in [0.25, 0.3) is 0 Å². The fourth-order valence-corrected chi connectivity index (χ4v) is 2.76. The number of methoxy groups -OCH3 is 1. The van der Waals surface area contributed by atoms with Crippen molar-refractivity contribution in [2.24, 2.45) is 0 Å². The maximum Gasteiger partial charge on any atom is 0.319 e. The molecule has 2 rings (SSSR count). The van der Waals surface area contributed by atoms with E-state index in [0.29, 0.717) is 11.4 Å². The van der Waals surface area contributed by atoms with Crippen LogP contribution in [0.4, 0.5) is 10.5 Å². The van der Waals surface area contributed by atoms with Crippen molar-refractivity contribution in [1.82, 2.24) is 5.32 Å². The molecule has 1 aromatic carbocycles. The molecule has 0 heterocycles. The smallest absolute Gasteiger partial charge is 0.319 e. The quantitative estimate of drug-likeness (QED) is 0.790. The van der Waals surface area contributed by atoms with Gasteiger partial charge in [-0.05, 0) is 40.9 Å². The Balaban J connectivity index is 1.94. The van der Waals surface area contributed by atoms with Crippen LogP contribution in [0, 0.1) is 0 Å². The van der Waals surface area contributed by atoms with Crippen molar-refractivity contribution in [1.29, 1.82) is 0 Å². The summed E-state index contributed by atoms with van der Waals surface area (Å²) in [4.78, 5) is 11.9. The number of benzene rings is 1. The summed E-state index contributed by atoms with van der Waals surface area (Å²) in [5.74, 6) is 0.653. The predicted octanol–water partition coefficient (Wildman–Crippen LogP) is 2.88. The van der Waals surface area contributed by atoms with Gasteiger partial charge >= 0.3 is 6.03 Å². The average molecular weight is 343 g/mol. The summed E-state index contributed by atoms with van der Waals surface area (Å²) in [7, 11) is 1.57. The molecular weight excluding hydrogens is 324 g/mol. The van der Waals surface area contributed by atoms with Gasteiger partial charge in [0.05, 0.1) is 23.7 Å². The van der Waals surface area contributed by atoms with E-state index in [9.17, 15) is 9.90 Å². The molecule has 0 radical (unpaired) electrons. The van der Waals surface area contributed by atoms with Gasteiger partial charge in [-0.3, -0.25) is 0 Å². The van der Waals surface area contributed by atoms with Gasteiger partial charge in [-0.25, -0.2) is 4.79 Å².